The van der Waals surface area contributed by atoms with Crippen LogP contribution in [0.25, 0.3) is 0 Å². The molecular weight excluding hydrogens is 216 g/mol. The fourth-order valence-electron chi connectivity index (χ4n) is 2.16. The van der Waals surface area contributed by atoms with Gasteiger partial charge in [0, 0.05) is 19.6 Å². The molecule has 1 amide bonds. The summed E-state index contributed by atoms with van der Waals surface area (Å²) < 4.78 is 5.38. The highest BCUT2D eigenvalue weighted by Gasteiger charge is 2.32. The number of ether oxygens (including phenoxy) is 1. The summed E-state index contributed by atoms with van der Waals surface area (Å²) >= 11 is 0. The van der Waals surface area contributed by atoms with Gasteiger partial charge < -0.3 is 15.0 Å². The predicted molar refractivity (Wildman–Crippen MR) is 69.1 cm³/mol. The van der Waals surface area contributed by atoms with Crippen molar-refractivity contribution >= 4 is 6.09 Å². The first kappa shape index (κ1) is 14.3. The van der Waals surface area contributed by atoms with E-state index in [1.807, 2.05) is 32.7 Å². The molecule has 1 rings (SSSR count). The maximum Gasteiger partial charge on any atom is 0.410 e. The van der Waals surface area contributed by atoms with E-state index in [0.29, 0.717) is 5.41 Å². The number of nitrogens with one attached hydrogen (secondary N) is 1. The van der Waals surface area contributed by atoms with Crippen molar-refractivity contribution < 1.29 is 9.53 Å². The highest BCUT2D eigenvalue weighted by molar-refractivity contribution is 5.68. The minimum atomic E-state index is -0.400. The highest BCUT2D eigenvalue weighted by atomic mass is 16.6. The molecule has 1 aliphatic heterocycles. The molecule has 4 nitrogen and oxygen atoms in total. The van der Waals surface area contributed by atoms with E-state index in [2.05, 4.69) is 12.2 Å². The Morgan fingerprint density at radius 1 is 1.35 bits per heavy atom. The second-order valence-corrected chi connectivity index (χ2v) is 6.31. The summed E-state index contributed by atoms with van der Waals surface area (Å²) in [6, 6.07) is 0. The topological polar surface area (TPSA) is 41.6 Å². The van der Waals surface area contributed by atoms with Crippen molar-refractivity contribution in [1.82, 2.24) is 10.2 Å². The summed E-state index contributed by atoms with van der Waals surface area (Å²) in [5.41, 5.74) is -0.0872. The third-order valence-electron chi connectivity index (χ3n) is 3.23. The van der Waals surface area contributed by atoms with Crippen molar-refractivity contribution in [1.29, 1.82) is 0 Å². The van der Waals surface area contributed by atoms with Crippen LogP contribution in [0, 0.1) is 5.41 Å². The zero-order chi connectivity index (χ0) is 13.1. The van der Waals surface area contributed by atoms with E-state index in [4.69, 9.17) is 4.74 Å². The molecular formula is C13H26N2O2. The van der Waals surface area contributed by atoms with Gasteiger partial charge in [-0.1, -0.05) is 6.92 Å². The third-order valence-corrected chi connectivity index (χ3v) is 3.23. The van der Waals surface area contributed by atoms with Gasteiger partial charge in [-0.05, 0) is 46.1 Å². The average molecular weight is 242 g/mol. The van der Waals surface area contributed by atoms with Gasteiger partial charge in [-0.2, -0.15) is 0 Å². The molecule has 1 saturated heterocycles. The number of rotatable bonds is 2. The molecule has 0 spiro atoms. The Bertz CT molecular complexity index is 263. The Labute approximate surface area is 105 Å². The summed E-state index contributed by atoms with van der Waals surface area (Å²) in [7, 11) is 1.98. The number of piperidine rings is 1. The van der Waals surface area contributed by atoms with Gasteiger partial charge in [0.2, 0.25) is 0 Å². The molecule has 0 aromatic heterocycles. The smallest absolute Gasteiger partial charge is 0.410 e. The molecule has 0 aliphatic carbocycles. The SMILES string of the molecule is CNCC1(C)CCN(C(=O)OC(C)(C)C)CC1. The van der Waals surface area contributed by atoms with E-state index < -0.39 is 5.60 Å². The van der Waals surface area contributed by atoms with Crippen molar-refractivity contribution in [3.05, 3.63) is 0 Å². The van der Waals surface area contributed by atoms with E-state index in [-0.39, 0.29) is 6.09 Å². The van der Waals surface area contributed by atoms with Crippen molar-refractivity contribution in [2.45, 2.75) is 46.1 Å². The number of carbonyl (C=O) groups excluding carboxylic acids is 1. The van der Waals surface area contributed by atoms with Gasteiger partial charge >= 0.3 is 6.09 Å². The van der Waals surface area contributed by atoms with Crippen LogP contribution in [0.15, 0.2) is 0 Å². The molecule has 0 atom stereocenters. The molecule has 1 aliphatic rings. The normalized spacial score (nSPS) is 20.2. The van der Waals surface area contributed by atoms with Crippen LogP contribution in [0.2, 0.25) is 0 Å². The Morgan fingerprint density at radius 3 is 2.29 bits per heavy atom. The maximum absolute atomic E-state index is 11.9. The number of nitrogens with zero attached hydrogens (tertiary/aromatic N) is 1. The first-order valence-corrected chi connectivity index (χ1v) is 6.38. The molecule has 0 unspecified atom stereocenters. The van der Waals surface area contributed by atoms with Crippen LogP contribution in [-0.2, 0) is 4.74 Å². The lowest BCUT2D eigenvalue weighted by atomic mass is 9.80. The molecule has 1 N–H and O–H groups in total. The Balaban J connectivity index is 2.44. The van der Waals surface area contributed by atoms with Gasteiger partial charge in [-0.3, -0.25) is 0 Å². The predicted octanol–water partition coefficient (Wildman–Crippen LogP) is 2.24. The minimum absolute atomic E-state index is 0.177. The van der Waals surface area contributed by atoms with Crippen LogP contribution in [0.1, 0.15) is 40.5 Å². The molecule has 17 heavy (non-hydrogen) atoms. The summed E-state index contributed by atoms with van der Waals surface area (Å²) in [4.78, 5) is 13.7. The maximum atomic E-state index is 11.9. The quantitative estimate of drug-likeness (QED) is 0.807. The van der Waals surface area contributed by atoms with E-state index >= 15 is 0 Å². The van der Waals surface area contributed by atoms with Gasteiger partial charge in [0.1, 0.15) is 5.60 Å². The Morgan fingerprint density at radius 2 is 1.88 bits per heavy atom. The van der Waals surface area contributed by atoms with E-state index in [1.165, 1.54) is 0 Å². The van der Waals surface area contributed by atoms with Crippen molar-refractivity contribution in [2.75, 3.05) is 26.7 Å². The molecule has 1 fully saturated rings. The van der Waals surface area contributed by atoms with Crippen LogP contribution < -0.4 is 5.32 Å². The summed E-state index contributed by atoms with van der Waals surface area (Å²) in [6.07, 6.45) is 1.89. The molecule has 4 heteroatoms. The van der Waals surface area contributed by atoms with Gasteiger partial charge in [-0.15, -0.1) is 0 Å². The molecule has 0 aromatic carbocycles. The fourth-order valence-corrected chi connectivity index (χ4v) is 2.16. The molecule has 0 aromatic rings. The number of hydrogen-bond acceptors (Lipinski definition) is 3. The molecule has 1 heterocycles. The molecule has 0 radical (unpaired) electrons. The average Bonchev–Trinajstić information content (AvgIpc) is 2.15. The largest absolute Gasteiger partial charge is 0.444 e. The minimum Gasteiger partial charge on any atom is -0.444 e. The van der Waals surface area contributed by atoms with Crippen molar-refractivity contribution in [3.8, 4) is 0 Å². The van der Waals surface area contributed by atoms with Gasteiger partial charge in [-0.25, -0.2) is 4.79 Å². The zero-order valence-electron chi connectivity index (χ0n) is 11.8. The number of hydrogen-bond donors (Lipinski definition) is 1. The van der Waals surface area contributed by atoms with Crippen LogP contribution in [0.4, 0.5) is 4.79 Å². The van der Waals surface area contributed by atoms with E-state index in [0.717, 1.165) is 32.5 Å². The second-order valence-electron chi connectivity index (χ2n) is 6.31. The Kier molecular flexibility index (Phi) is 4.42. The second kappa shape index (κ2) is 5.25. The third kappa shape index (κ3) is 4.54. The van der Waals surface area contributed by atoms with Gasteiger partial charge in [0.05, 0.1) is 0 Å². The Hall–Kier alpha value is -0.770. The lowest BCUT2D eigenvalue weighted by molar-refractivity contribution is 0.0121. The molecule has 0 saturated carbocycles. The lowest BCUT2D eigenvalue weighted by Gasteiger charge is -2.39. The van der Waals surface area contributed by atoms with Crippen LogP contribution in [-0.4, -0.2) is 43.3 Å². The lowest BCUT2D eigenvalue weighted by Crippen LogP contribution is -2.46. The van der Waals surface area contributed by atoms with E-state index in [1.54, 1.807) is 0 Å². The standard InChI is InChI=1S/C13H26N2O2/c1-12(2,3)17-11(16)15-8-6-13(4,7-9-15)10-14-5/h14H,6-10H2,1-5H3. The number of carbonyl (C=O) groups is 1. The van der Waals surface area contributed by atoms with Crippen molar-refractivity contribution in [2.24, 2.45) is 5.41 Å². The van der Waals surface area contributed by atoms with Gasteiger partial charge in [0.25, 0.3) is 0 Å². The molecule has 100 valence electrons. The number of amides is 1. The molecule has 0 bridgehead atoms. The van der Waals surface area contributed by atoms with Gasteiger partial charge in [0.15, 0.2) is 0 Å². The van der Waals surface area contributed by atoms with E-state index in [9.17, 15) is 4.79 Å². The highest BCUT2D eigenvalue weighted by Crippen LogP contribution is 2.30. The summed E-state index contributed by atoms with van der Waals surface area (Å²) in [5, 5.41) is 3.23. The monoisotopic (exact) mass is 242 g/mol. The first-order valence-electron chi connectivity index (χ1n) is 6.38. The van der Waals surface area contributed by atoms with Crippen molar-refractivity contribution in [3.63, 3.8) is 0 Å². The summed E-state index contributed by atoms with van der Waals surface area (Å²) in [5.74, 6) is 0. The van der Waals surface area contributed by atoms with Crippen LogP contribution >= 0.6 is 0 Å². The van der Waals surface area contributed by atoms with Crippen LogP contribution in [0.5, 0.6) is 0 Å². The first-order chi connectivity index (χ1) is 7.76. The van der Waals surface area contributed by atoms with Crippen LogP contribution in [0.3, 0.4) is 0 Å². The number of likely N-dealkylation sites (tertiary alicyclic amines) is 1. The zero-order valence-corrected chi connectivity index (χ0v) is 11.8. The summed E-state index contributed by atoms with van der Waals surface area (Å²) in [6.45, 7) is 10.6. The fraction of sp³-hybridized carbons (Fsp3) is 0.923.